The summed E-state index contributed by atoms with van der Waals surface area (Å²) >= 11 is 0. The molecule has 19 heavy (non-hydrogen) atoms. The maximum Gasteiger partial charge on any atom is 0.310 e. The van der Waals surface area contributed by atoms with Crippen LogP contribution in [0.2, 0.25) is 0 Å². The van der Waals surface area contributed by atoms with Crippen molar-refractivity contribution in [3.05, 3.63) is 0 Å². The Morgan fingerprint density at radius 3 is 2.21 bits per heavy atom. The van der Waals surface area contributed by atoms with Gasteiger partial charge < -0.3 is 10.0 Å². The SMILES string of the molecule is CN(C(=O)CC1(C(=O)O)CCCCC1)C1CCCC1. The van der Waals surface area contributed by atoms with Gasteiger partial charge in [-0.1, -0.05) is 32.1 Å². The van der Waals surface area contributed by atoms with E-state index in [1.54, 1.807) is 0 Å². The zero-order chi connectivity index (χ0) is 13.9. The molecule has 0 unspecified atom stereocenters. The van der Waals surface area contributed by atoms with E-state index in [0.29, 0.717) is 18.9 Å². The van der Waals surface area contributed by atoms with E-state index in [2.05, 4.69) is 0 Å². The number of carboxylic acids is 1. The lowest BCUT2D eigenvalue weighted by molar-refractivity contribution is -0.156. The highest BCUT2D eigenvalue weighted by Crippen LogP contribution is 2.40. The van der Waals surface area contributed by atoms with Crippen molar-refractivity contribution < 1.29 is 14.7 Å². The summed E-state index contributed by atoms with van der Waals surface area (Å²) in [7, 11) is 1.84. The average molecular weight is 267 g/mol. The van der Waals surface area contributed by atoms with Crippen LogP contribution in [0.25, 0.3) is 0 Å². The van der Waals surface area contributed by atoms with Gasteiger partial charge in [-0.15, -0.1) is 0 Å². The van der Waals surface area contributed by atoms with Gasteiger partial charge in [-0.05, 0) is 25.7 Å². The van der Waals surface area contributed by atoms with Crippen molar-refractivity contribution in [2.45, 2.75) is 70.3 Å². The molecule has 2 saturated carbocycles. The van der Waals surface area contributed by atoms with Crippen molar-refractivity contribution >= 4 is 11.9 Å². The smallest absolute Gasteiger partial charge is 0.310 e. The molecule has 4 nitrogen and oxygen atoms in total. The summed E-state index contributed by atoms with van der Waals surface area (Å²) < 4.78 is 0. The standard InChI is InChI=1S/C15H25NO3/c1-16(12-7-3-4-8-12)13(17)11-15(14(18)19)9-5-2-6-10-15/h12H,2-11H2,1H3,(H,18,19). The van der Waals surface area contributed by atoms with Gasteiger partial charge in [-0.3, -0.25) is 9.59 Å². The molecule has 4 heteroatoms. The van der Waals surface area contributed by atoms with Crippen LogP contribution in [-0.4, -0.2) is 35.0 Å². The summed E-state index contributed by atoms with van der Waals surface area (Å²) in [5, 5.41) is 9.51. The first kappa shape index (κ1) is 14.4. The molecular weight excluding hydrogens is 242 g/mol. The van der Waals surface area contributed by atoms with Crippen LogP contribution in [0.4, 0.5) is 0 Å². The fourth-order valence-corrected chi connectivity index (χ4v) is 3.60. The Bertz CT molecular complexity index is 341. The van der Waals surface area contributed by atoms with Gasteiger partial charge in [0.1, 0.15) is 0 Å². The van der Waals surface area contributed by atoms with E-state index in [9.17, 15) is 14.7 Å². The monoisotopic (exact) mass is 267 g/mol. The highest BCUT2D eigenvalue weighted by Gasteiger charge is 2.42. The minimum absolute atomic E-state index is 0.0243. The number of carbonyl (C=O) groups excluding carboxylic acids is 1. The topological polar surface area (TPSA) is 57.6 Å². The number of aliphatic carboxylic acids is 1. The highest BCUT2D eigenvalue weighted by molar-refractivity contribution is 5.85. The first-order valence-electron chi connectivity index (χ1n) is 7.54. The van der Waals surface area contributed by atoms with Gasteiger partial charge in [-0.2, -0.15) is 0 Å². The second-order valence-electron chi connectivity index (χ2n) is 6.27. The Kier molecular flexibility index (Phi) is 4.48. The number of carbonyl (C=O) groups is 2. The van der Waals surface area contributed by atoms with E-state index in [1.807, 2.05) is 11.9 Å². The predicted molar refractivity (Wildman–Crippen MR) is 72.8 cm³/mol. The number of hydrogen-bond donors (Lipinski definition) is 1. The summed E-state index contributed by atoms with van der Waals surface area (Å²) in [5.41, 5.74) is -0.789. The molecule has 0 spiro atoms. The molecule has 2 rings (SSSR count). The van der Waals surface area contributed by atoms with Gasteiger partial charge in [0.25, 0.3) is 0 Å². The van der Waals surface area contributed by atoms with Crippen LogP contribution >= 0.6 is 0 Å². The Labute approximate surface area is 115 Å². The van der Waals surface area contributed by atoms with Crippen molar-refractivity contribution in [1.82, 2.24) is 4.90 Å². The van der Waals surface area contributed by atoms with Crippen LogP contribution in [0.1, 0.15) is 64.2 Å². The highest BCUT2D eigenvalue weighted by atomic mass is 16.4. The molecule has 0 saturated heterocycles. The number of nitrogens with zero attached hydrogens (tertiary/aromatic N) is 1. The second kappa shape index (κ2) is 5.93. The fraction of sp³-hybridized carbons (Fsp3) is 0.867. The molecule has 0 bridgehead atoms. The van der Waals surface area contributed by atoms with Gasteiger partial charge in [0.05, 0.1) is 5.41 Å². The maximum absolute atomic E-state index is 12.4. The van der Waals surface area contributed by atoms with Crippen molar-refractivity contribution in [2.75, 3.05) is 7.05 Å². The molecule has 0 aliphatic heterocycles. The van der Waals surface area contributed by atoms with Crippen molar-refractivity contribution in [3.63, 3.8) is 0 Å². The van der Waals surface area contributed by atoms with Crippen LogP contribution in [0.15, 0.2) is 0 Å². The minimum atomic E-state index is -0.789. The van der Waals surface area contributed by atoms with Gasteiger partial charge in [-0.25, -0.2) is 0 Å². The summed E-state index contributed by atoms with van der Waals surface area (Å²) in [5.74, 6) is -0.753. The van der Waals surface area contributed by atoms with Crippen LogP contribution in [0, 0.1) is 5.41 Å². The average Bonchev–Trinajstić information content (AvgIpc) is 2.92. The molecule has 108 valence electrons. The summed E-state index contributed by atoms with van der Waals surface area (Å²) in [6, 6.07) is 0.335. The Hall–Kier alpha value is -1.06. The lowest BCUT2D eigenvalue weighted by Crippen LogP contribution is -2.42. The summed E-state index contributed by atoms with van der Waals surface area (Å²) in [4.78, 5) is 25.8. The molecule has 0 aromatic heterocycles. The summed E-state index contributed by atoms with van der Waals surface area (Å²) in [6.45, 7) is 0. The molecule has 0 aromatic carbocycles. The van der Waals surface area contributed by atoms with Crippen LogP contribution in [0.3, 0.4) is 0 Å². The molecule has 0 heterocycles. The molecular formula is C15H25NO3. The fourth-order valence-electron chi connectivity index (χ4n) is 3.60. The van der Waals surface area contributed by atoms with E-state index in [1.165, 1.54) is 12.8 Å². The molecule has 2 aliphatic carbocycles. The largest absolute Gasteiger partial charge is 0.481 e. The third-order valence-electron chi connectivity index (χ3n) is 5.02. The van der Waals surface area contributed by atoms with E-state index in [-0.39, 0.29) is 12.3 Å². The van der Waals surface area contributed by atoms with Crippen LogP contribution < -0.4 is 0 Å². The zero-order valence-corrected chi connectivity index (χ0v) is 11.9. The number of carboxylic acid groups (broad SMARTS) is 1. The van der Waals surface area contributed by atoms with Crippen molar-refractivity contribution in [2.24, 2.45) is 5.41 Å². The van der Waals surface area contributed by atoms with E-state index in [0.717, 1.165) is 32.1 Å². The van der Waals surface area contributed by atoms with Crippen molar-refractivity contribution in [1.29, 1.82) is 0 Å². The molecule has 0 atom stereocenters. The number of amides is 1. The Morgan fingerprint density at radius 1 is 1.11 bits per heavy atom. The van der Waals surface area contributed by atoms with Gasteiger partial charge in [0.2, 0.25) is 5.91 Å². The quantitative estimate of drug-likeness (QED) is 0.852. The van der Waals surface area contributed by atoms with Crippen LogP contribution in [0.5, 0.6) is 0 Å². The lowest BCUT2D eigenvalue weighted by atomic mass is 9.71. The predicted octanol–water partition coefficient (Wildman–Crippen LogP) is 2.81. The maximum atomic E-state index is 12.4. The third-order valence-corrected chi connectivity index (χ3v) is 5.02. The molecule has 0 aromatic rings. The third kappa shape index (κ3) is 3.10. The number of hydrogen-bond acceptors (Lipinski definition) is 2. The van der Waals surface area contributed by atoms with Gasteiger partial charge in [0, 0.05) is 19.5 Å². The number of rotatable bonds is 4. The second-order valence-corrected chi connectivity index (χ2v) is 6.27. The molecule has 2 fully saturated rings. The van der Waals surface area contributed by atoms with E-state index in [4.69, 9.17) is 0 Å². The van der Waals surface area contributed by atoms with Gasteiger partial charge >= 0.3 is 5.97 Å². The van der Waals surface area contributed by atoms with Gasteiger partial charge in [0.15, 0.2) is 0 Å². The molecule has 2 aliphatic rings. The van der Waals surface area contributed by atoms with E-state index < -0.39 is 11.4 Å². The first-order chi connectivity index (χ1) is 9.05. The van der Waals surface area contributed by atoms with Crippen molar-refractivity contribution in [3.8, 4) is 0 Å². The first-order valence-corrected chi connectivity index (χ1v) is 7.54. The Balaban J connectivity index is 2.00. The zero-order valence-electron chi connectivity index (χ0n) is 11.9. The molecule has 1 N–H and O–H groups in total. The van der Waals surface area contributed by atoms with E-state index >= 15 is 0 Å². The molecule has 1 amide bonds. The molecule has 0 radical (unpaired) electrons. The minimum Gasteiger partial charge on any atom is -0.481 e. The lowest BCUT2D eigenvalue weighted by Gasteiger charge is -2.35. The normalized spacial score (nSPS) is 23.2. The Morgan fingerprint density at radius 2 is 1.68 bits per heavy atom. The summed E-state index contributed by atoms with van der Waals surface area (Å²) in [6.07, 6.45) is 9.00. The van der Waals surface area contributed by atoms with Crippen LogP contribution in [-0.2, 0) is 9.59 Å².